The van der Waals surface area contributed by atoms with Gasteiger partial charge in [0.2, 0.25) is 0 Å². The second kappa shape index (κ2) is 13.1. The van der Waals surface area contributed by atoms with E-state index >= 15 is 0 Å². The van der Waals surface area contributed by atoms with Crippen LogP contribution in [0.25, 0.3) is 0 Å². The molecule has 2 aromatic rings. The Morgan fingerprint density at radius 2 is 1.76 bits per heavy atom. The Morgan fingerprint density at radius 1 is 1.03 bits per heavy atom. The molecule has 0 atom stereocenters. The highest BCUT2D eigenvalue weighted by molar-refractivity contribution is 6.37. The number of ether oxygens (including phenoxy) is 3. The lowest BCUT2D eigenvalue weighted by atomic mass is 9.90. The summed E-state index contributed by atoms with van der Waals surface area (Å²) in [7, 11) is 1.25. The van der Waals surface area contributed by atoms with Crippen LogP contribution in [0.4, 0.5) is 5.69 Å². The van der Waals surface area contributed by atoms with E-state index in [1.54, 1.807) is 18.5 Å². The van der Waals surface area contributed by atoms with Crippen molar-refractivity contribution >= 4 is 46.7 Å². The molecule has 0 spiro atoms. The molecule has 2 aliphatic carbocycles. The zero-order valence-electron chi connectivity index (χ0n) is 21.2. The Hall–Kier alpha value is -3.10. The third-order valence-corrected chi connectivity index (χ3v) is 7.32. The summed E-state index contributed by atoms with van der Waals surface area (Å²) in [6, 6.07) is 6.59. The minimum atomic E-state index is -0.585. The van der Waals surface area contributed by atoms with Crippen LogP contribution in [0.5, 0.6) is 5.75 Å². The van der Waals surface area contributed by atoms with Gasteiger partial charge in [0.25, 0.3) is 5.91 Å². The highest BCUT2D eigenvalue weighted by Crippen LogP contribution is 2.39. The van der Waals surface area contributed by atoms with Gasteiger partial charge in [-0.25, -0.2) is 9.59 Å². The van der Waals surface area contributed by atoms with Gasteiger partial charge in [0.15, 0.2) is 6.61 Å². The van der Waals surface area contributed by atoms with Crippen LogP contribution in [0.1, 0.15) is 56.9 Å². The first kappa shape index (κ1) is 27.9. The van der Waals surface area contributed by atoms with Gasteiger partial charge in [0, 0.05) is 29.6 Å². The third-order valence-electron chi connectivity index (χ3n) is 6.72. The van der Waals surface area contributed by atoms with Crippen LogP contribution in [0, 0.1) is 0 Å². The number of nitrogens with zero attached hydrogens (tertiary/aromatic N) is 2. The Kier molecular flexibility index (Phi) is 9.63. The lowest BCUT2D eigenvalue weighted by molar-refractivity contribution is -0.144. The molecule has 38 heavy (non-hydrogen) atoms. The normalized spacial score (nSPS) is 15.8. The van der Waals surface area contributed by atoms with Crippen LogP contribution in [0.2, 0.25) is 10.0 Å². The van der Waals surface area contributed by atoms with E-state index in [2.05, 4.69) is 9.72 Å². The van der Waals surface area contributed by atoms with Crippen molar-refractivity contribution in [3.8, 4) is 5.75 Å². The molecule has 1 aromatic heterocycles. The molecule has 202 valence electrons. The molecule has 4 rings (SSSR count). The van der Waals surface area contributed by atoms with Gasteiger partial charge in [0.1, 0.15) is 11.9 Å². The van der Waals surface area contributed by atoms with Gasteiger partial charge in [-0.1, -0.05) is 29.3 Å². The molecule has 2 aliphatic rings. The summed E-state index contributed by atoms with van der Waals surface area (Å²) in [5.74, 6) is -1.18. The minimum Gasteiger partial charge on any atom is -0.480 e. The number of amides is 1. The topological polar surface area (TPSA) is 95.0 Å². The molecule has 1 saturated carbocycles. The zero-order valence-corrected chi connectivity index (χ0v) is 22.7. The maximum Gasteiger partial charge on any atom is 0.343 e. The fourth-order valence-electron chi connectivity index (χ4n) is 4.73. The fourth-order valence-corrected chi connectivity index (χ4v) is 5.27. The summed E-state index contributed by atoms with van der Waals surface area (Å²) in [4.78, 5) is 44.6. The van der Waals surface area contributed by atoms with Gasteiger partial charge in [-0.05, 0) is 69.1 Å². The number of anilines is 1. The van der Waals surface area contributed by atoms with Crippen molar-refractivity contribution in [3.63, 3.8) is 0 Å². The zero-order chi connectivity index (χ0) is 27.1. The van der Waals surface area contributed by atoms with E-state index in [-0.39, 0.29) is 41.0 Å². The molecule has 8 nitrogen and oxygen atoms in total. The molecule has 1 aromatic carbocycles. The average Bonchev–Trinajstić information content (AvgIpc) is 3.44. The average molecular weight is 561 g/mol. The van der Waals surface area contributed by atoms with Gasteiger partial charge in [-0.3, -0.25) is 9.78 Å². The molecule has 0 bridgehead atoms. The quantitative estimate of drug-likeness (QED) is 0.356. The van der Waals surface area contributed by atoms with E-state index in [0.717, 1.165) is 44.1 Å². The molecule has 0 unspecified atom stereocenters. The van der Waals surface area contributed by atoms with Crippen LogP contribution in [0.15, 0.2) is 47.8 Å². The highest BCUT2D eigenvalue weighted by atomic mass is 35.5. The number of hydrogen-bond donors (Lipinski definition) is 0. The second-order valence-corrected chi connectivity index (χ2v) is 10.1. The van der Waals surface area contributed by atoms with E-state index < -0.39 is 11.9 Å². The van der Waals surface area contributed by atoms with Crippen molar-refractivity contribution in [2.75, 3.05) is 18.6 Å². The van der Waals surface area contributed by atoms with Crippen molar-refractivity contribution in [2.24, 2.45) is 0 Å². The first-order valence-electron chi connectivity index (χ1n) is 12.7. The molecule has 1 amide bonds. The number of benzene rings is 1. The van der Waals surface area contributed by atoms with E-state index in [1.165, 1.54) is 24.1 Å². The number of aromatic nitrogens is 1. The summed E-state index contributed by atoms with van der Waals surface area (Å²) in [6.45, 7) is -0.227. The Labute approximate surface area is 231 Å². The van der Waals surface area contributed by atoms with Gasteiger partial charge >= 0.3 is 11.9 Å². The summed E-state index contributed by atoms with van der Waals surface area (Å²) in [5.41, 5.74) is 1.93. The standard InChI is InChI=1S/C28H30Cl2N2O6/c1-36-26(33)17-37-25-14-24(22(29)13-23(25)30)32(16-18-7-6-12-31-15-18)27(34)20-10-4-5-11-21(20)28(35)38-19-8-2-3-9-19/h6-7,12-15,19H,2-5,8-11,16-17H2,1H3. The minimum absolute atomic E-state index is 0.0972. The lowest BCUT2D eigenvalue weighted by Crippen LogP contribution is -2.34. The molecule has 0 saturated heterocycles. The van der Waals surface area contributed by atoms with Crippen molar-refractivity contribution < 1.29 is 28.6 Å². The Balaban J connectivity index is 1.72. The number of carbonyl (C=O) groups excluding carboxylic acids is 3. The van der Waals surface area contributed by atoms with Gasteiger partial charge < -0.3 is 19.1 Å². The predicted octanol–water partition coefficient (Wildman–Crippen LogP) is 5.83. The SMILES string of the molecule is COC(=O)COc1cc(N(Cc2cccnc2)C(=O)C2=C(C(=O)OC3CCCC3)CCCC2)c(Cl)cc1Cl. The van der Waals surface area contributed by atoms with Gasteiger partial charge in [-0.15, -0.1) is 0 Å². The third kappa shape index (κ3) is 6.85. The number of hydrogen-bond acceptors (Lipinski definition) is 7. The Morgan fingerprint density at radius 3 is 2.45 bits per heavy atom. The van der Waals surface area contributed by atoms with Crippen LogP contribution in [0.3, 0.4) is 0 Å². The first-order valence-corrected chi connectivity index (χ1v) is 13.5. The predicted molar refractivity (Wildman–Crippen MR) is 143 cm³/mol. The van der Waals surface area contributed by atoms with Gasteiger partial charge in [-0.2, -0.15) is 0 Å². The van der Waals surface area contributed by atoms with Crippen LogP contribution >= 0.6 is 23.2 Å². The fraction of sp³-hybridized carbons (Fsp3) is 0.429. The number of carbonyl (C=O) groups is 3. The molecule has 10 heteroatoms. The summed E-state index contributed by atoms with van der Waals surface area (Å²) in [6.07, 6.45) is 9.51. The molecule has 1 fully saturated rings. The lowest BCUT2D eigenvalue weighted by Gasteiger charge is -2.28. The molecular weight excluding hydrogens is 531 g/mol. The van der Waals surface area contributed by atoms with E-state index in [1.807, 2.05) is 6.07 Å². The molecule has 0 radical (unpaired) electrons. The van der Waals surface area contributed by atoms with E-state index in [9.17, 15) is 14.4 Å². The van der Waals surface area contributed by atoms with Crippen molar-refractivity contribution in [1.82, 2.24) is 4.98 Å². The van der Waals surface area contributed by atoms with E-state index in [0.29, 0.717) is 29.7 Å². The number of halogens is 2. The van der Waals surface area contributed by atoms with E-state index in [4.69, 9.17) is 32.7 Å². The molecular formula is C28H30Cl2N2O6. The first-order chi connectivity index (χ1) is 18.4. The van der Waals surface area contributed by atoms with Crippen LogP contribution in [-0.4, -0.2) is 42.7 Å². The Bertz CT molecular complexity index is 1210. The maximum absolute atomic E-state index is 14.1. The number of esters is 2. The van der Waals surface area contributed by atoms with Crippen molar-refractivity contribution in [1.29, 1.82) is 0 Å². The number of rotatable bonds is 9. The largest absolute Gasteiger partial charge is 0.480 e. The molecule has 1 heterocycles. The van der Waals surface area contributed by atoms with Crippen LogP contribution < -0.4 is 9.64 Å². The highest BCUT2D eigenvalue weighted by Gasteiger charge is 2.32. The summed E-state index contributed by atoms with van der Waals surface area (Å²) >= 11 is 12.9. The number of methoxy groups -OCH3 is 1. The van der Waals surface area contributed by atoms with Crippen LogP contribution in [-0.2, 0) is 30.4 Å². The molecule has 0 N–H and O–H groups in total. The monoisotopic (exact) mass is 560 g/mol. The van der Waals surface area contributed by atoms with Crippen molar-refractivity contribution in [3.05, 3.63) is 63.4 Å². The summed E-state index contributed by atoms with van der Waals surface area (Å²) < 4.78 is 16.0. The van der Waals surface area contributed by atoms with Gasteiger partial charge in [0.05, 0.1) is 29.4 Å². The smallest absolute Gasteiger partial charge is 0.343 e. The molecule has 0 aliphatic heterocycles. The number of pyridine rings is 1. The van der Waals surface area contributed by atoms with Crippen molar-refractivity contribution in [2.45, 2.75) is 64.0 Å². The maximum atomic E-state index is 14.1. The summed E-state index contributed by atoms with van der Waals surface area (Å²) in [5, 5.41) is 0.387. The second-order valence-electron chi connectivity index (χ2n) is 9.33.